The molecule has 0 saturated carbocycles. The van der Waals surface area contributed by atoms with Gasteiger partial charge in [0.1, 0.15) is 0 Å². The van der Waals surface area contributed by atoms with Crippen LogP contribution in [-0.4, -0.2) is 51.5 Å². The average Bonchev–Trinajstić information content (AvgIpc) is 2.31. The molecular formula is C12H26O2Sn2. The van der Waals surface area contributed by atoms with Crippen LogP contribution in [0, 0.1) is 0 Å². The zero-order valence-electron chi connectivity index (χ0n) is 10.7. The third-order valence-electron chi connectivity index (χ3n) is 2.71. The second-order valence-electron chi connectivity index (χ2n) is 4.23. The van der Waals surface area contributed by atoms with Crippen LogP contribution in [0.1, 0.15) is 71.1 Å². The van der Waals surface area contributed by atoms with Crippen LogP contribution in [0.4, 0.5) is 0 Å². The van der Waals surface area contributed by atoms with E-state index in [0.29, 0.717) is 0 Å². The van der Waals surface area contributed by atoms with Crippen molar-refractivity contribution < 1.29 is 4.49 Å². The van der Waals surface area contributed by atoms with E-state index < -0.39 is 22.0 Å². The van der Waals surface area contributed by atoms with E-state index in [2.05, 4.69) is 6.92 Å². The van der Waals surface area contributed by atoms with E-state index in [1.165, 1.54) is 64.2 Å². The van der Waals surface area contributed by atoms with Crippen LogP contribution >= 0.6 is 0 Å². The molecule has 0 aromatic carbocycles. The van der Waals surface area contributed by atoms with Gasteiger partial charge in [-0.1, -0.05) is 6.92 Å². The molecule has 0 heterocycles. The van der Waals surface area contributed by atoms with Crippen molar-refractivity contribution in [3.63, 3.8) is 0 Å². The molecular weight excluding hydrogens is 414 g/mol. The van der Waals surface area contributed by atoms with Crippen molar-refractivity contribution in [2.75, 3.05) is 6.61 Å². The van der Waals surface area contributed by atoms with Crippen LogP contribution in [0.5, 0.6) is 0 Å². The van der Waals surface area contributed by atoms with Crippen molar-refractivity contribution in [2.24, 2.45) is 0 Å². The summed E-state index contributed by atoms with van der Waals surface area (Å²) in [4.78, 5) is 0. The molecule has 0 spiro atoms. The van der Waals surface area contributed by atoms with Gasteiger partial charge in [0.25, 0.3) is 0 Å². The summed E-state index contributed by atoms with van der Waals surface area (Å²) in [6.07, 6.45) is 13.9. The summed E-state index contributed by atoms with van der Waals surface area (Å²) in [7, 11) is 0. The van der Waals surface area contributed by atoms with Crippen molar-refractivity contribution >= 4 is 44.9 Å². The quantitative estimate of drug-likeness (QED) is 0.324. The van der Waals surface area contributed by atoms with Gasteiger partial charge < -0.3 is 0 Å². The van der Waals surface area contributed by atoms with E-state index >= 15 is 0 Å². The minimum atomic E-state index is -0.818. The fourth-order valence-electron chi connectivity index (χ4n) is 1.74. The van der Waals surface area contributed by atoms with Crippen molar-refractivity contribution in [3.05, 3.63) is 0 Å². The van der Waals surface area contributed by atoms with Crippen LogP contribution in [0.15, 0.2) is 0 Å². The molecule has 0 aromatic heterocycles. The van der Waals surface area contributed by atoms with Gasteiger partial charge in [0.15, 0.2) is 0 Å². The summed E-state index contributed by atoms with van der Waals surface area (Å²) in [5.41, 5.74) is 0. The third-order valence-corrected chi connectivity index (χ3v) is 5.74. The second-order valence-corrected chi connectivity index (χ2v) is 10.7. The maximum atomic E-state index is 5.44. The number of hydrogen-bond acceptors (Lipinski definition) is 2. The van der Waals surface area contributed by atoms with Gasteiger partial charge >= 0.3 is 120 Å². The van der Waals surface area contributed by atoms with Crippen LogP contribution < -0.4 is 0 Å². The first-order valence-electron chi connectivity index (χ1n) is 6.64. The second kappa shape index (κ2) is 16.5. The molecule has 0 aromatic rings. The molecule has 4 heteroatoms. The molecule has 16 heavy (non-hydrogen) atoms. The Kier molecular flexibility index (Phi) is 18.1. The van der Waals surface area contributed by atoms with Crippen molar-refractivity contribution in [3.8, 4) is 0 Å². The van der Waals surface area contributed by atoms with Crippen molar-refractivity contribution in [1.82, 2.24) is 0 Å². The minimum absolute atomic E-state index is 0.818. The van der Waals surface area contributed by atoms with Gasteiger partial charge in [-0.3, -0.25) is 0 Å². The zero-order valence-corrected chi connectivity index (χ0v) is 16.8. The molecule has 0 N–H and O–H groups in total. The number of hydrogen-bond donors (Lipinski definition) is 0. The summed E-state index contributed by atoms with van der Waals surface area (Å²) in [5, 5.41) is 0. The van der Waals surface area contributed by atoms with Gasteiger partial charge in [0.2, 0.25) is 0 Å². The molecule has 0 amide bonds. The molecule has 0 aliphatic carbocycles. The Labute approximate surface area is 126 Å². The predicted octanol–water partition coefficient (Wildman–Crippen LogP) is 3.29. The fraction of sp³-hybridized carbons (Fsp3) is 1.00. The molecule has 0 rings (SSSR count). The zero-order chi connectivity index (χ0) is 11.9. The van der Waals surface area contributed by atoms with Gasteiger partial charge in [-0.15, -0.1) is 0 Å². The Morgan fingerprint density at radius 1 is 0.812 bits per heavy atom. The van der Waals surface area contributed by atoms with Gasteiger partial charge in [0.05, 0.1) is 0 Å². The summed E-state index contributed by atoms with van der Waals surface area (Å²) in [6, 6.07) is 0. The molecule has 0 unspecified atom stereocenters. The van der Waals surface area contributed by atoms with Crippen LogP contribution in [0.25, 0.3) is 0 Å². The van der Waals surface area contributed by atoms with Crippen LogP contribution in [0.3, 0.4) is 0 Å². The van der Waals surface area contributed by atoms with Crippen molar-refractivity contribution in [2.45, 2.75) is 71.1 Å². The molecule has 2 nitrogen and oxygen atoms in total. The summed E-state index contributed by atoms with van der Waals surface area (Å²) >= 11 is 0.0994. The topological polar surface area (TPSA) is 18.5 Å². The van der Waals surface area contributed by atoms with E-state index in [1.54, 1.807) is 0 Å². The van der Waals surface area contributed by atoms with E-state index in [9.17, 15) is 0 Å². The summed E-state index contributed by atoms with van der Waals surface area (Å²) in [6.45, 7) is 3.22. The predicted molar refractivity (Wildman–Crippen MR) is 71.8 cm³/mol. The van der Waals surface area contributed by atoms with E-state index in [4.69, 9.17) is 4.49 Å². The van der Waals surface area contributed by atoms with E-state index in [1.807, 2.05) is 0 Å². The number of rotatable bonds is 13. The molecule has 0 aliphatic rings. The Hall–Kier alpha value is 1.52. The summed E-state index contributed by atoms with van der Waals surface area (Å²) < 4.78 is 10.5. The Morgan fingerprint density at radius 2 is 1.31 bits per heavy atom. The van der Waals surface area contributed by atoms with E-state index in [-0.39, 0.29) is 0 Å². The first-order chi connectivity index (χ1) is 7.91. The SMILES string of the molecule is CCCCCCCCCCCC[O][Sn][O][SnH]. The fourth-order valence-corrected chi connectivity index (χ4v) is 3.88. The Balaban J connectivity index is 2.83. The molecule has 0 saturated heterocycles. The van der Waals surface area contributed by atoms with Crippen LogP contribution in [0.2, 0.25) is 0 Å². The van der Waals surface area contributed by atoms with Gasteiger partial charge in [-0.2, -0.15) is 0 Å². The Morgan fingerprint density at radius 3 is 1.81 bits per heavy atom. The molecule has 4 radical (unpaired) electrons. The monoisotopic (exact) mass is 442 g/mol. The van der Waals surface area contributed by atoms with Gasteiger partial charge in [-0.25, -0.2) is 0 Å². The first kappa shape index (κ1) is 17.5. The van der Waals surface area contributed by atoms with Gasteiger partial charge in [-0.05, 0) is 0 Å². The van der Waals surface area contributed by atoms with Gasteiger partial charge in [0, 0.05) is 0 Å². The van der Waals surface area contributed by atoms with Crippen molar-refractivity contribution in [1.29, 1.82) is 0 Å². The third kappa shape index (κ3) is 15.5. The maximum absolute atomic E-state index is 5.44. The number of unbranched alkanes of at least 4 members (excludes halogenated alkanes) is 9. The van der Waals surface area contributed by atoms with E-state index in [0.717, 1.165) is 29.5 Å². The summed E-state index contributed by atoms with van der Waals surface area (Å²) in [5.74, 6) is 0. The average molecular weight is 440 g/mol. The first-order valence-corrected chi connectivity index (χ1v) is 10.3. The molecule has 0 atom stereocenters. The normalized spacial score (nSPS) is 10.9. The molecule has 0 bridgehead atoms. The standard InChI is InChI=1S/C12H25O.O.2Sn.H/c1-2-3-4-5-6-7-8-9-10-11-12-13;;;;/h2-12H2,1H3;;;;/q-1;;;+1;. The molecule has 0 aliphatic heterocycles. The molecule has 94 valence electrons. The Bertz CT molecular complexity index is 110. The van der Waals surface area contributed by atoms with Crippen LogP contribution in [-0.2, 0) is 4.49 Å². The molecule has 0 fully saturated rings.